The van der Waals surface area contributed by atoms with Gasteiger partial charge < -0.3 is 10.5 Å². The van der Waals surface area contributed by atoms with Gasteiger partial charge in [-0.3, -0.25) is 10.2 Å². The van der Waals surface area contributed by atoms with Gasteiger partial charge in [-0.1, -0.05) is 32.4 Å². The quantitative estimate of drug-likeness (QED) is 0.579. The molecular formula is C18H23ClFN3O2S. The molecule has 0 bridgehead atoms. The third-order valence-electron chi connectivity index (χ3n) is 4.23. The van der Waals surface area contributed by atoms with Crippen molar-refractivity contribution >= 4 is 46.2 Å². The van der Waals surface area contributed by atoms with Crippen LogP contribution in [0.3, 0.4) is 0 Å². The van der Waals surface area contributed by atoms with Crippen molar-refractivity contribution in [1.29, 1.82) is 5.41 Å². The van der Waals surface area contributed by atoms with E-state index in [0.29, 0.717) is 0 Å². The van der Waals surface area contributed by atoms with Crippen molar-refractivity contribution in [3.05, 3.63) is 23.0 Å². The monoisotopic (exact) mass is 399 g/mol. The van der Waals surface area contributed by atoms with Gasteiger partial charge in [-0.05, 0) is 44.0 Å². The van der Waals surface area contributed by atoms with Crippen molar-refractivity contribution in [1.82, 2.24) is 0 Å². The maximum Gasteiger partial charge on any atom is 0.278 e. The first-order chi connectivity index (χ1) is 12.0. The summed E-state index contributed by atoms with van der Waals surface area (Å²) in [6.45, 7) is 5.12. The van der Waals surface area contributed by atoms with Crippen molar-refractivity contribution in [2.24, 2.45) is 11.1 Å². The number of rotatable bonds is 4. The highest BCUT2D eigenvalue weighted by Crippen LogP contribution is 2.35. The van der Waals surface area contributed by atoms with Gasteiger partial charge in [0, 0.05) is 11.5 Å². The van der Waals surface area contributed by atoms with Crippen molar-refractivity contribution < 1.29 is 13.9 Å². The van der Waals surface area contributed by atoms with Gasteiger partial charge in [-0.25, -0.2) is 9.29 Å². The van der Waals surface area contributed by atoms with Crippen molar-refractivity contribution in [2.45, 2.75) is 52.6 Å². The number of nitrogens with zero attached hydrogens (tertiary/aromatic N) is 1. The summed E-state index contributed by atoms with van der Waals surface area (Å²) in [5.41, 5.74) is 4.52. The number of carbonyl (C=O) groups excluding carboxylic acids is 1. The first-order valence-corrected chi connectivity index (χ1v) is 9.19. The number of ether oxygens (including phenoxy) is 1. The molecular weight excluding hydrogens is 377 g/mol. The summed E-state index contributed by atoms with van der Waals surface area (Å²) in [5.74, 6) is -1.28. The van der Waals surface area contributed by atoms with E-state index in [1.807, 2.05) is 0 Å². The molecule has 1 aromatic carbocycles. The molecule has 2 rings (SSSR count). The molecule has 5 nitrogen and oxygen atoms in total. The van der Waals surface area contributed by atoms with Crippen LogP contribution >= 0.6 is 23.8 Å². The van der Waals surface area contributed by atoms with E-state index in [2.05, 4.69) is 0 Å². The number of hydrogen-bond donors (Lipinski definition) is 2. The molecule has 0 saturated heterocycles. The number of hydrogen-bond acceptors (Lipinski definition) is 4. The van der Waals surface area contributed by atoms with Gasteiger partial charge in [0.25, 0.3) is 5.91 Å². The summed E-state index contributed by atoms with van der Waals surface area (Å²) in [7, 11) is 0. The van der Waals surface area contributed by atoms with Crippen LogP contribution in [0.5, 0.6) is 5.75 Å². The molecule has 3 N–H and O–H groups in total. The van der Waals surface area contributed by atoms with Gasteiger partial charge in [-0.15, -0.1) is 0 Å². The third kappa shape index (κ3) is 4.51. The third-order valence-corrected chi connectivity index (χ3v) is 4.70. The zero-order valence-corrected chi connectivity index (χ0v) is 16.6. The van der Waals surface area contributed by atoms with Crippen LogP contribution in [0.1, 0.15) is 46.5 Å². The highest BCUT2D eigenvalue weighted by molar-refractivity contribution is 7.80. The van der Waals surface area contributed by atoms with Gasteiger partial charge in [0.15, 0.2) is 5.11 Å². The molecule has 0 aromatic heterocycles. The summed E-state index contributed by atoms with van der Waals surface area (Å²) in [4.78, 5) is 13.5. The van der Waals surface area contributed by atoms with Gasteiger partial charge in [-0.2, -0.15) is 0 Å². The Bertz CT molecular complexity index is 743. The number of anilines is 1. The van der Waals surface area contributed by atoms with Gasteiger partial charge in [0.05, 0.1) is 16.8 Å². The Balaban J connectivity index is 2.43. The van der Waals surface area contributed by atoms with Crippen LogP contribution in [0.25, 0.3) is 0 Å². The van der Waals surface area contributed by atoms with E-state index in [-0.39, 0.29) is 33.4 Å². The number of nitrogens with one attached hydrogen (secondary N) is 1. The SMILES string of the molecule is CC(C)(C)C(=N)C(=O)N(C(N)=S)c1cc(OC2CCCC2)c(Cl)cc1F. The lowest BCUT2D eigenvalue weighted by molar-refractivity contribution is -0.112. The van der Waals surface area contributed by atoms with E-state index < -0.39 is 17.1 Å². The molecule has 0 spiro atoms. The molecule has 26 heavy (non-hydrogen) atoms. The lowest BCUT2D eigenvalue weighted by Crippen LogP contribution is -2.47. The van der Waals surface area contributed by atoms with Crippen LogP contribution in [0, 0.1) is 16.6 Å². The largest absolute Gasteiger partial charge is 0.489 e. The minimum absolute atomic E-state index is 0.00710. The van der Waals surface area contributed by atoms with Crippen LogP contribution in [0.4, 0.5) is 10.1 Å². The Morgan fingerprint density at radius 3 is 2.46 bits per heavy atom. The second-order valence-corrected chi connectivity index (χ2v) is 8.19. The fraction of sp³-hybridized carbons (Fsp3) is 0.500. The number of halogens is 2. The molecule has 0 atom stereocenters. The number of carbonyl (C=O) groups is 1. The normalized spacial score (nSPS) is 15.0. The summed E-state index contributed by atoms with van der Waals surface area (Å²) in [6, 6.07) is 2.39. The average Bonchev–Trinajstić information content (AvgIpc) is 3.02. The molecule has 1 amide bonds. The molecule has 0 heterocycles. The smallest absolute Gasteiger partial charge is 0.278 e. The summed E-state index contributed by atoms with van der Waals surface area (Å²) < 4.78 is 20.4. The second kappa shape index (κ2) is 7.88. The first-order valence-electron chi connectivity index (χ1n) is 8.41. The molecule has 0 unspecified atom stereocenters. The van der Waals surface area contributed by atoms with E-state index in [9.17, 15) is 9.18 Å². The molecule has 0 aliphatic heterocycles. The molecule has 142 valence electrons. The lowest BCUT2D eigenvalue weighted by atomic mass is 9.89. The topological polar surface area (TPSA) is 79.4 Å². The van der Waals surface area contributed by atoms with Crippen molar-refractivity contribution in [2.75, 3.05) is 4.90 Å². The number of amides is 1. The maximum atomic E-state index is 14.6. The lowest BCUT2D eigenvalue weighted by Gasteiger charge is -2.27. The van der Waals surface area contributed by atoms with Crippen LogP contribution in [-0.4, -0.2) is 22.8 Å². The Hall–Kier alpha value is -1.73. The molecule has 8 heteroatoms. The fourth-order valence-electron chi connectivity index (χ4n) is 2.73. The summed E-state index contributed by atoms with van der Waals surface area (Å²) in [6.07, 6.45) is 3.94. The van der Waals surface area contributed by atoms with Crippen LogP contribution < -0.4 is 15.4 Å². The van der Waals surface area contributed by atoms with Crippen molar-refractivity contribution in [3.63, 3.8) is 0 Å². The Morgan fingerprint density at radius 1 is 1.38 bits per heavy atom. The predicted octanol–water partition coefficient (Wildman–Crippen LogP) is 4.44. The highest BCUT2D eigenvalue weighted by atomic mass is 35.5. The minimum Gasteiger partial charge on any atom is -0.489 e. The molecule has 0 radical (unpaired) electrons. The van der Waals surface area contributed by atoms with E-state index >= 15 is 0 Å². The maximum absolute atomic E-state index is 14.6. The molecule has 1 aliphatic rings. The highest BCUT2D eigenvalue weighted by Gasteiger charge is 2.32. The van der Waals surface area contributed by atoms with Gasteiger partial charge >= 0.3 is 0 Å². The second-order valence-electron chi connectivity index (χ2n) is 7.36. The number of thiocarbonyl (C=S) groups is 1. The Kier molecular flexibility index (Phi) is 6.24. The number of benzene rings is 1. The molecule has 1 fully saturated rings. The average molecular weight is 400 g/mol. The van der Waals surface area contributed by atoms with E-state index in [1.165, 1.54) is 6.07 Å². The van der Waals surface area contributed by atoms with Crippen LogP contribution in [0.15, 0.2) is 12.1 Å². The van der Waals surface area contributed by atoms with Crippen molar-refractivity contribution in [3.8, 4) is 5.75 Å². The first kappa shape index (κ1) is 20.6. The molecule has 1 aliphatic carbocycles. The standard InChI is InChI=1S/C18H23ClFN3O2S/c1-18(2,3)15(21)16(24)23(17(22)26)13-9-14(11(19)8-12(13)20)25-10-6-4-5-7-10/h8-10,21H,4-7H2,1-3H3,(H2,22,26). The summed E-state index contributed by atoms with van der Waals surface area (Å²) >= 11 is 11.0. The molecule has 1 aromatic rings. The van der Waals surface area contributed by atoms with Gasteiger partial charge in [0.1, 0.15) is 17.3 Å². The number of nitrogens with two attached hydrogens (primary N) is 1. The molecule has 1 saturated carbocycles. The summed E-state index contributed by atoms with van der Waals surface area (Å²) in [5, 5.41) is 7.84. The van der Waals surface area contributed by atoms with E-state index in [1.54, 1.807) is 20.8 Å². The predicted molar refractivity (Wildman–Crippen MR) is 106 cm³/mol. The fourth-order valence-corrected chi connectivity index (χ4v) is 3.10. The minimum atomic E-state index is -0.780. The van der Waals surface area contributed by atoms with Crippen LogP contribution in [0.2, 0.25) is 5.02 Å². The zero-order valence-electron chi connectivity index (χ0n) is 15.1. The van der Waals surface area contributed by atoms with Gasteiger partial charge in [0.2, 0.25) is 0 Å². The van der Waals surface area contributed by atoms with E-state index in [0.717, 1.165) is 36.6 Å². The van der Waals surface area contributed by atoms with Crippen LogP contribution in [-0.2, 0) is 4.79 Å². The Labute approximate surface area is 163 Å². The van der Waals surface area contributed by atoms with E-state index in [4.69, 9.17) is 39.7 Å². The Morgan fingerprint density at radius 2 is 1.96 bits per heavy atom. The zero-order chi connectivity index (χ0) is 19.6.